The van der Waals surface area contributed by atoms with E-state index >= 15 is 0 Å². The Morgan fingerprint density at radius 3 is 2.55 bits per heavy atom. The van der Waals surface area contributed by atoms with Gasteiger partial charge < -0.3 is 19.5 Å². The molecule has 22 heavy (non-hydrogen) atoms. The highest BCUT2D eigenvalue weighted by molar-refractivity contribution is 5.39. The molecule has 0 saturated carbocycles. The molecule has 2 aromatic rings. The molecular formula is C16H21N3O3. The summed E-state index contributed by atoms with van der Waals surface area (Å²) in [5.41, 5.74) is 1.18. The van der Waals surface area contributed by atoms with Crippen LogP contribution < -0.4 is 10.1 Å². The summed E-state index contributed by atoms with van der Waals surface area (Å²) in [6, 6.07) is 11.9. The molecule has 0 atom stereocenters. The lowest BCUT2D eigenvalue weighted by molar-refractivity contribution is 0.142. The van der Waals surface area contributed by atoms with Gasteiger partial charge in [-0.15, -0.1) is 0 Å². The second-order valence-corrected chi connectivity index (χ2v) is 4.62. The van der Waals surface area contributed by atoms with E-state index in [0.717, 1.165) is 0 Å². The minimum absolute atomic E-state index is 0.335. The molecule has 0 radical (unpaired) electrons. The van der Waals surface area contributed by atoms with Gasteiger partial charge in [-0.25, -0.2) is 4.98 Å². The maximum atomic E-state index is 5.55. The van der Waals surface area contributed by atoms with E-state index in [1.807, 2.05) is 18.2 Å². The smallest absolute Gasteiger partial charge is 0.218 e. The van der Waals surface area contributed by atoms with Gasteiger partial charge in [0.15, 0.2) is 5.82 Å². The highest BCUT2D eigenvalue weighted by Crippen LogP contribution is 2.15. The normalized spacial score (nSPS) is 10.5. The number of anilines is 1. The molecular weight excluding hydrogens is 282 g/mol. The molecule has 0 unspecified atom stereocenters. The predicted molar refractivity (Wildman–Crippen MR) is 83.9 cm³/mol. The van der Waals surface area contributed by atoms with Crippen molar-refractivity contribution in [3.8, 4) is 5.88 Å². The minimum Gasteiger partial charge on any atom is -0.475 e. The van der Waals surface area contributed by atoms with Crippen molar-refractivity contribution in [1.29, 1.82) is 0 Å². The molecule has 0 aliphatic heterocycles. The van der Waals surface area contributed by atoms with Gasteiger partial charge in [0.05, 0.1) is 6.61 Å². The number of ether oxygens (including phenoxy) is 3. The number of hydrogen-bond acceptors (Lipinski definition) is 6. The molecule has 118 valence electrons. The molecule has 0 spiro atoms. The first-order valence-corrected chi connectivity index (χ1v) is 7.08. The van der Waals surface area contributed by atoms with E-state index < -0.39 is 0 Å². The zero-order valence-electron chi connectivity index (χ0n) is 12.9. The number of nitrogens with zero attached hydrogens (tertiary/aromatic N) is 2. The number of nitrogens with one attached hydrogen (secondary N) is 1. The van der Waals surface area contributed by atoms with E-state index in [2.05, 4.69) is 27.4 Å². The third-order valence-corrected chi connectivity index (χ3v) is 2.88. The van der Waals surface area contributed by atoms with Crippen LogP contribution in [0.4, 0.5) is 5.82 Å². The van der Waals surface area contributed by atoms with Crippen molar-refractivity contribution in [3.63, 3.8) is 0 Å². The van der Waals surface area contributed by atoms with Crippen LogP contribution in [0.3, 0.4) is 0 Å². The molecule has 1 heterocycles. The first-order valence-electron chi connectivity index (χ1n) is 7.08. The Hall–Kier alpha value is -2.18. The lowest BCUT2D eigenvalue weighted by Crippen LogP contribution is -2.09. The SMILES string of the molecule is COCCOc1cc(NCc2ccccc2)nc(COC)n1. The Morgan fingerprint density at radius 1 is 1.00 bits per heavy atom. The number of aromatic nitrogens is 2. The lowest BCUT2D eigenvalue weighted by atomic mass is 10.2. The van der Waals surface area contributed by atoms with Crippen LogP contribution in [0.25, 0.3) is 0 Å². The van der Waals surface area contributed by atoms with Crippen LogP contribution in [0.1, 0.15) is 11.4 Å². The van der Waals surface area contributed by atoms with Gasteiger partial charge in [-0.1, -0.05) is 30.3 Å². The largest absolute Gasteiger partial charge is 0.475 e. The molecule has 0 bridgehead atoms. The molecule has 1 N–H and O–H groups in total. The summed E-state index contributed by atoms with van der Waals surface area (Å²) >= 11 is 0. The van der Waals surface area contributed by atoms with Gasteiger partial charge in [-0.3, -0.25) is 0 Å². The van der Waals surface area contributed by atoms with Crippen LogP contribution in [0.5, 0.6) is 5.88 Å². The Labute approximate surface area is 130 Å². The van der Waals surface area contributed by atoms with Crippen LogP contribution in [0, 0.1) is 0 Å². The summed E-state index contributed by atoms with van der Waals surface area (Å²) in [7, 11) is 3.24. The van der Waals surface area contributed by atoms with Crippen molar-refractivity contribution in [2.45, 2.75) is 13.2 Å². The number of rotatable bonds is 9. The third-order valence-electron chi connectivity index (χ3n) is 2.88. The van der Waals surface area contributed by atoms with E-state index in [4.69, 9.17) is 14.2 Å². The summed E-state index contributed by atoms with van der Waals surface area (Å²) in [6.45, 7) is 1.97. The van der Waals surface area contributed by atoms with Gasteiger partial charge in [-0.2, -0.15) is 4.98 Å². The standard InChI is InChI=1S/C16H21N3O3/c1-20-8-9-22-16-10-14(18-15(19-16)12-21-2)17-11-13-6-4-3-5-7-13/h3-7,10H,8-9,11-12H2,1-2H3,(H,17,18,19). The zero-order chi connectivity index (χ0) is 15.6. The molecule has 0 aliphatic carbocycles. The van der Waals surface area contributed by atoms with Crippen molar-refractivity contribution in [3.05, 3.63) is 47.8 Å². The Bertz CT molecular complexity index is 564. The van der Waals surface area contributed by atoms with Crippen LogP contribution in [-0.2, 0) is 22.6 Å². The first-order chi connectivity index (χ1) is 10.8. The van der Waals surface area contributed by atoms with Gasteiger partial charge in [0.25, 0.3) is 0 Å². The van der Waals surface area contributed by atoms with E-state index in [1.54, 1.807) is 20.3 Å². The van der Waals surface area contributed by atoms with Crippen molar-refractivity contribution in [2.24, 2.45) is 0 Å². The van der Waals surface area contributed by atoms with E-state index in [0.29, 0.717) is 43.9 Å². The molecule has 0 aliphatic rings. The maximum Gasteiger partial charge on any atom is 0.218 e. The quantitative estimate of drug-likeness (QED) is 0.717. The summed E-state index contributed by atoms with van der Waals surface area (Å²) in [5.74, 6) is 1.79. The highest BCUT2D eigenvalue weighted by atomic mass is 16.5. The number of benzene rings is 1. The maximum absolute atomic E-state index is 5.55. The average molecular weight is 303 g/mol. The molecule has 1 aromatic carbocycles. The molecule has 0 saturated heterocycles. The highest BCUT2D eigenvalue weighted by Gasteiger charge is 2.06. The summed E-state index contributed by atoms with van der Waals surface area (Å²) in [4.78, 5) is 8.70. The second-order valence-electron chi connectivity index (χ2n) is 4.62. The molecule has 2 rings (SSSR count). The van der Waals surface area contributed by atoms with E-state index in [1.165, 1.54) is 5.56 Å². The first kappa shape index (κ1) is 16.2. The average Bonchev–Trinajstić information content (AvgIpc) is 2.54. The molecule has 6 heteroatoms. The van der Waals surface area contributed by atoms with E-state index in [-0.39, 0.29) is 0 Å². The topological polar surface area (TPSA) is 65.5 Å². The minimum atomic E-state index is 0.335. The summed E-state index contributed by atoms with van der Waals surface area (Å²) in [6.07, 6.45) is 0. The molecule has 1 aromatic heterocycles. The van der Waals surface area contributed by atoms with Gasteiger partial charge >= 0.3 is 0 Å². The molecule has 0 amide bonds. The Morgan fingerprint density at radius 2 is 1.82 bits per heavy atom. The van der Waals surface area contributed by atoms with Crippen molar-refractivity contribution in [1.82, 2.24) is 9.97 Å². The fraction of sp³-hybridized carbons (Fsp3) is 0.375. The van der Waals surface area contributed by atoms with Gasteiger partial charge in [0, 0.05) is 26.8 Å². The fourth-order valence-electron chi connectivity index (χ4n) is 1.85. The van der Waals surface area contributed by atoms with Gasteiger partial charge in [0.2, 0.25) is 5.88 Å². The van der Waals surface area contributed by atoms with Crippen LogP contribution in [-0.4, -0.2) is 37.4 Å². The van der Waals surface area contributed by atoms with Crippen LogP contribution in [0.15, 0.2) is 36.4 Å². The fourth-order valence-corrected chi connectivity index (χ4v) is 1.85. The third kappa shape index (κ3) is 5.31. The monoisotopic (exact) mass is 303 g/mol. The predicted octanol–water partition coefficient (Wildman–Crippen LogP) is 2.26. The van der Waals surface area contributed by atoms with Crippen molar-refractivity contribution >= 4 is 5.82 Å². The second kappa shape index (κ2) is 8.96. The Balaban J connectivity index is 2.04. The molecule has 6 nitrogen and oxygen atoms in total. The van der Waals surface area contributed by atoms with Crippen LogP contribution in [0.2, 0.25) is 0 Å². The van der Waals surface area contributed by atoms with E-state index in [9.17, 15) is 0 Å². The van der Waals surface area contributed by atoms with Gasteiger partial charge in [0.1, 0.15) is 19.0 Å². The molecule has 0 fully saturated rings. The van der Waals surface area contributed by atoms with Crippen LogP contribution >= 0.6 is 0 Å². The lowest BCUT2D eigenvalue weighted by Gasteiger charge is -2.10. The summed E-state index contributed by atoms with van der Waals surface area (Å²) < 4.78 is 15.6. The Kier molecular flexibility index (Phi) is 6.60. The van der Waals surface area contributed by atoms with Crippen molar-refractivity contribution < 1.29 is 14.2 Å². The zero-order valence-corrected chi connectivity index (χ0v) is 12.9. The van der Waals surface area contributed by atoms with Crippen molar-refractivity contribution in [2.75, 3.05) is 32.8 Å². The number of hydrogen-bond donors (Lipinski definition) is 1. The summed E-state index contributed by atoms with van der Waals surface area (Å²) in [5, 5.41) is 3.27. The number of methoxy groups -OCH3 is 2. The van der Waals surface area contributed by atoms with Gasteiger partial charge in [-0.05, 0) is 5.56 Å².